The second-order valence-electron chi connectivity index (χ2n) is 5.04. The number of halogens is 3. The van der Waals surface area contributed by atoms with E-state index in [1.807, 2.05) is 0 Å². The molecule has 2 aliphatic heterocycles. The summed E-state index contributed by atoms with van der Waals surface area (Å²) in [5.74, 6) is -1.15. The van der Waals surface area contributed by atoms with E-state index in [1.54, 1.807) is 0 Å². The maximum absolute atomic E-state index is 12.0. The lowest BCUT2D eigenvalue weighted by molar-refractivity contribution is -0.179. The van der Waals surface area contributed by atoms with Gasteiger partial charge in [-0.15, -0.1) is 0 Å². The number of piperidine rings is 1. The zero-order chi connectivity index (χ0) is 14.9. The van der Waals surface area contributed by atoms with Crippen molar-refractivity contribution in [2.24, 2.45) is 0 Å². The van der Waals surface area contributed by atoms with Crippen LogP contribution < -0.4 is 0 Å². The van der Waals surface area contributed by atoms with Gasteiger partial charge in [0, 0.05) is 32.4 Å². The molecule has 2 saturated heterocycles. The van der Waals surface area contributed by atoms with Crippen molar-refractivity contribution in [3.05, 3.63) is 0 Å². The monoisotopic (exact) mass is 317 g/mol. The molecular weight excluding hydrogens is 299 g/mol. The van der Waals surface area contributed by atoms with Crippen molar-refractivity contribution in [3.8, 4) is 0 Å². The highest BCUT2D eigenvalue weighted by Crippen LogP contribution is 2.32. The summed E-state index contributed by atoms with van der Waals surface area (Å²) in [6.07, 6.45) is -4.94. The summed E-state index contributed by atoms with van der Waals surface area (Å²) in [7, 11) is -3.63. The van der Waals surface area contributed by atoms with Gasteiger partial charge < -0.3 is 9.47 Å². The molecule has 0 saturated carbocycles. The molecule has 2 rings (SSSR count). The molecular formula is C11H18F3NO4S. The van der Waals surface area contributed by atoms with Crippen LogP contribution in [0.2, 0.25) is 0 Å². The van der Waals surface area contributed by atoms with Crippen molar-refractivity contribution in [2.75, 3.05) is 32.1 Å². The van der Waals surface area contributed by atoms with Crippen LogP contribution in [0.5, 0.6) is 0 Å². The van der Waals surface area contributed by atoms with Crippen LogP contribution in [0.15, 0.2) is 0 Å². The third kappa shape index (κ3) is 4.06. The van der Waals surface area contributed by atoms with Crippen LogP contribution in [0, 0.1) is 0 Å². The largest absolute Gasteiger partial charge is 0.389 e. The van der Waals surface area contributed by atoms with Crippen molar-refractivity contribution in [1.29, 1.82) is 0 Å². The second kappa shape index (κ2) is 5.78. The van der Waals surface area contributed by atoms with Gasteiger partial charge in [-0.05, 0) is 6.42 Å². The molecule has 0 unspecified atom stereocenters. The Morgan fingerprint density at radius 1 is 1.10 bits per heavy atom. The van der Waals surface area contributed by atoms with Gasteiger partial charge in [-0.1, -0.05) is 0 Å². The molecule has 5 nitrogen and oxygen atoms in total. The highest BCUT2D eigenvalue weighted by molar-refractivity contribution is 7.89. The van der Waals surface area contributed by atoms with Crippen molar-refractivity contribution >= 4 is 10.0 Å². The maximum Gasteiger partial charge on any atom is 0.389 e. The first-order valence-electron chi connectivity index (χ1n) is 6.55. The van der Waals surface area contributed by atoms with Crippen LogP contribution in [0.4, 0.5) is 13.2 Å². The number of rotatable bonds is 4. The molecule has 0 amide bonds. The predicted molar refractivity (Wildman–Crippen MR) is 64.5 cm³/mol. The van der Waals surface area contributed by atoms with E-state index in [4.69, 9.17) is 9.47 Å². The Kier molecular flexibility index (Phi) is 4.63. The van der Waals surface area contributed by atoms with Gasteiger partial charge in [0.25, 0.3) is 0 Å². The van der Waals surface area contributed by atoms with Crippen LogP contribution in [-0.2, 0) is 19.5 Å². The summed E-state index contributed by atoms with van der Waals surface area (Å²) < 4.78 is 72.2. The normalized spacial score (nSPS) is 24.4. The number of hydrogen-bond acceptors (Lipinski definition) is 4. The molecule has 2 fully saturated rings. The molecule has 0 radical (unpaired) electrons. The average molecular weight is 317 g/mol. The summed E-state index contributed by atoms with van der Waals surface area (Å²) in [6, 6.07) is 0. The lowest BCUT2D eigenvalue weighted by Crippen LogP contribution is -2.47. The van der Waals surface area contributed by atoms with E-state index in [0.717, 1.165) is 0 Å². The van der Waals surface area contributed by atoms with Crippen LogP contribution in [0.1, 0.15) is 25.7 Å². The minimum absolute atomic E-state index is 0.231. The standard InChI is InChI=1S/C11H18F3NO4S/c12-11(13,14)2-1-9-20(16,17)15-5-3-10(4-6-15)18-7-8-19-10/h1-9H2. The molecule has 0 bridgehead atoms. The van der Waals surface area contributed by atoms with Gasteiger partial charge in [0.2, 0.25) is 10.0 Å². The molecule has 9 heteroatoms. The third-order valence-electron chi connectivity index (χ3n) is 3.55. The Morgan fingerprint density at radius 2 is 1.65 bits per heavy atom. The van der Waals surface area contributed by atoms with Crippen molar-refractivity contribution in [1.82, 2.24) is 4.31 Å². The van der Waals surface area contributed by atoms with Crippen molar-refractivity contribution in [3.63, 3.8) is 0 Å². The first kappa shape index (κ1) is 16.0. The maximum atomic E-state index is 12.0. The molecule has 0 aromatic carbocycles. The topological polar surface area (TPSA) is 55.8 Å². The van der Waals surface area contributed by atoms with E-state index >= 15 is 0 Å². The Morgan fingerprint density at radius 3 is 2.15 bits per heavy atom. The van der Waals surface area contributed by atoms with E-state index in [2.05, 4.69) is 0 Å². The van der Waals surface area contributed by atoms with Gasteiger partial charge in [0.1, 0.15) is 0 Å². The van der Waals surface area contributed by atoms with E-state index in [9.17, 15) is 21.6 Å². The molecule has 2 heterocycles. The molecule has 0 aliphatic carbocycles. The zero-order valence-corrected chi connectivity index (χ0v) is 11.8. The highest BCUT2D eigenvalue weighted by atomic mass is 32.2. The zero-order valence-electron chi connectivity index (χ0n) is 11.0. The minimum Gasteiger partial charge on any atom is -0.347 e. The molecule has 118 valence electrons. The van der Waals surface area contributed by atoms with E-state index in [0.29, 0.717) is 26.1 Å². The molecule has 0 aromatic rings. The quantitative estimate of drug-likeness (QED) is 0.788. The number of sulfonamides is 1. The molecule has 0 N–H and O–H groups in total. The Balaban J connectivity index is 1.82. The first-order valence-corrected chi connectivity index (χ1v) is 8.16. The van der Waals surface area contributed by atoms with Gasteiger partial charge in [0.15, 0.2) is 5.79 Å². The summed E-state index contributed by atoms with van der Waals surface area (Å²) in [6.45, 7) is 1.46. The molecule has 0 atom stereocenters. The smallest absolute Gasteiger partial charge is 0.347 e. The average Bonchev–Trinajstić information content (AvgIpc) is 2.76. The summed E-state index contributed by atoms with van der Waals surface area (Å²) >= 11 is 0. The van der Waals surface area contributed by atoms with Gasteiger partial charge in [0.05, 0.1) is 19.0 Å². The lowest BCUT2D eigenvalue weighted by Gasteiger charge is -2.36. The first-order chi connectivity index (χ1) is 9.23. The molecule has 2 aliphatic rings. The molecule has 20 heavy (non-hydrogen) atoms. The van der Waals surface area contributed by atoms with Gasteiger partial charge in [-0.3, -0.25) is 0 Å². The Bertz CT molecular complexity index is 421. The fourth-order valence-corrected chi connectivity index (χ4v) is 3.98. The van der Waals surface area contributed by atoms with Crippen molar-refractivity contribution in [2.45, 2.75) is 37.6 Å². The predicted octanol–water partition coefficient (Wildman–Crippen LogP) is 1.50. The fourth-order valence-electron chi connectivity index (χ4n) is 2.47. The number of hydrogen-bond donors (Lipinski definition) is 0. The number of ether oxygens (including phenoxy) is 2. The Hall–Kier alpha value is -0.380. The SMILES string of the molecule is O=S(=O)(CCCC(F)(F)F)N1CCC2(CC1)OCCO2. The second-order valence-corrected chi connectivity index (χ2v) is 7.13. The highest BCUT2D eigenvalue weighted by Gasteiger charge is 2.42. The van der Waals surface area contributed by atoms with Gasteiger partial charge >= 0.3 is 6.18 Å². The van der Waals surface area contributed by atoms with Crippen LogP contribution in [0.25, 0.3) is 0 Å². The van der Waals surface area contributed by atoms with Crippen LogP contribution in [-0.4, -0.2) is 56.7 Å². The molecule has 1 spiro atoms. The van der Waals surface area contributed by atoms with Gasteiger partial charge in [-0.25, -0.2) is 12.7 Å². The lowest BCUT2D eigenvalue weighted by atomic mass is 10.1. The molecule has 0 aromatic heterocycles. The van der Waals surface area contributed by atoms with Crippen LogP contribution in [0.3, 0.4) is 0 Å². The van der Waals surface area contributed by atoms with E-state index in [1.165, 1.54) is 4.31 Å². The summed E-state index contributed by atoms with van der Waals surface area (Å²) in [5.41, 5.74) is 0. The minimum atomic E-state index is -4.31. The number of alkyl halides is 3. The summed E-state index contributed by atoms with van der Waals surface area (Å²) in [4.78, 5) is 0. The van der Waals surface area contributed by atoms with Gasteiger partial charge in [-0.2, -0.15) is 13.2 Å². The fraction of sp³-hybridized carbons (Fsp3) is 1.00. The third-order valence-corrected chi connectivity index (χ3v) is 5.51. The van der Waals surface area contributed by atoms with Crippen molar-refractivity contribution < 1.29 is 31.1 Å². The Labute approximate surface area is 116 Å². The van der Waals surface area contributed by atoms with E-state index < -0.39 is 40.6 Å². The van der Waals surface area contributed by atoms with Crippen LogP contribution >= 0.6 is 0 Å². The number of nitrogens with zero attached hydrogens (tertiary/aromatic N) is 1. The van der Waals surface area contributed by atoms with E-state index in [-0.39, 0.29) is 13.1 Å². The summed E-state index contributed by atoms with van der Waals surface area (Å²) in [5, 5.41) is 0.